The number of rotatable bonds is 3. The molecule has 108 valence electrons. The highest BCUT2D eigenvalue weighted by atomic mass is 19.1. The van der Waals surface area contributed by atoms with Crippen molar-refractivity contribution in [3.63, 3.8) is 0 Å². The SMILES string of the molecule is CN(Cc1cc(C#N)ccc1F)C(=O)[C@H](N)C(C)(C)C. The van der Waals surface area contributed by atoms with E-state index >= 15 is 0 Å². The summed E-state index contributed by atoms with van der Waals surface area (Å²) in [5.41, 5.74) is 6.21. The third kappa shape index (κ3) is 3.78. The number of nitrogens with zero attached hydrogens (tertiary/aromatic N) is 2. The van der Waals surface area contributed by atoms with Crippen molar-refractivity contribution in [2.75, 3.05) is 7.05 Å². The number of nitriles is 1. The van der Waals surface area contributed by atoms with Crippen LogP contribution in [0.25, 0.3) is 0 Å². The van der Waals surface area contributed by atoms with Gasteiger partial charge in [-0.25, -0.2) is 4.39 Å². The topological polar surface area (TPSA) is 70.1 Å². The van der Waals surface area contributed by atoms with Gasteiger partial charge in [-0.05, 0) is 23.6 Å². The lowest BCUT2D eigenvalue weighted by molar-refractivity contribution is -0.134. The third-order valence-electron chi connectivity index (χ3n) is 3.16. The zero-order chi connectivity index (χ0) is 15.5. The summed E-state index contributed by atoms with van der Waals surface area (Å²) in [7, 11) is 1.58. The normalized spacial score (nSPS) is 12.7. The monoisotopic (exact) mass is 277 g/mol. The number of carbonyl (C=O) groups is 1. The predicted octanol–water partition coefficient (Wildman–Crippen LogP) is 2.03. The summed E-state index contributed by atoms with van der Waals surface area (Å²) in [6.45, 7) is 5.71. The van der Waals surface area contributed by atoms with Crippen LogP contribution in [0, 0.1) is 22.6 Å². The number of amides is 1. The van der Waals surface area contributed by atoms with Crippen LogP contribution in [0.3, 0.4) is 0 Å². The summed E-state index contributed by atoms with van der Waals surface area (Å²) in [6, 6.07) is 5.37. The first-order valence-electron chi connectivity index (χ1n) is 6.36. The number of likely N-dealkylation sites (N-methyl/N-ethyl adjacent to an activating group) is 1. The van der Waals surface area contributed by atoms with Crippen LogP contribution in [-0.4, -0.2) is 23.9 Å². The number of nitrogens with two attached hydrogens (primary N) is 1. The Bertz CT molecular complexity index is 543. The van der Waals surface area contributed by atoms with E-state index in [1.54, 1.807) is 7.05 Å². The van der Waals surface area contributed by atoms with Gasteiger partial charge in [0.15, 0.2) is 0 Å². The van der Waals surface area contributed by atoms with Gasteiger partial charge in [0.2, 0.25) is 5.91 Å². The van der Waals surface area contributed by atoms with Gasteiger partial charge >= 0.3 is 0 Å². The van der Waals surface area contributed by atoms with Crippen LogP contribution in [0.4, 0.5) is 4.39 Å². The van der Waals surface area contributed by atoms with Gasteiger partial charge in [-0.1, -0.05) is 20.8 Å². The summed E-state index contributed by atoms with van der Waals surface area (Å²) in [6.07, 6.45) is 0. The first-order valence-corrected chi connectivity index (χ1v) is 6.36. The van der Waals surface area contributed by atoms with Crippen LogP contribution in [-0.2, 0) is 11.3 Å². The number of hydrogen-bond donors (Lipinski definition) is 1. The molecule has 0 aliphatic rings. The lowest BCUT2D eigenvalue weighted by Crippen LogP contribution is -2.49. The Morgan fingerprint density at radius 1 is 1.50 bits per heavy atom. The zero-order valence-electron chi connectivity index (χ0n) is 12.3. The molecule has 1 rings (SSSR count). The number of benzene rings is 1. The van der Waals surface area contributed by atoms with Gasteiger partial charge in [-0.2, -0.15) is 5.26 Å². The van der Waals surface area contributed by atoms with Crippen LogP contribution in [0.15, 0.2) is 18.2 Å². The summed E-state index contributed by atoms with van der Waals surface area (Å²) in [5.74, 6) is -0.688. The number of hydrogen-bond acceptors (Lipinski definition) is 3. The van der Waals surface area contributed by atoms with E-state index in [-0.39, 0.29) is 17.9 Å². The Balaban J connectivity index is 2.89. The van der Waals surface area contributed by atoms with Gasteiger partial charge in [0.1, 0.15) is 5.82 Å². The van der Waals surface area contributed by atoms with Crippen molar-refractivity contribution in [1.29, 1.82) is 5.26 Å². The zero-order valence-corrected chi connectivity index (χ0v) is 12.3. The minimum absolute atomic E-state index is 0.0873. The minimum atomic E-state index is -0.658. The van der Waals surface area contributed by atoms with E-state index in [1.807, 2.05) is 26.8 Å². The maximum Gasteiger partial charge on any atom is 0.240 e. The standard InChI is InChI=1S/C15H20FN3O/c1-15(2,3)13(18)14(20)19(4)9-11-7-10(8-17)5-6-12(11)16/h5-7,13H,9,18H2,1-4H3/t13-/m0/s1. The molecule has 1 amide bonds. The van der Waals surface area contributed by atoms with Crippen molar-refractivity contribution in [3.05, 3.63) is 35.1 Å². The Labute approximate surface area is 119 Å². The molecule has 1 aromatic rings. The average Bonchev–Trinajstić information content (AvgIpc) is 2.38. The molecule has 1 aromatic carbocycles. The van der Waals surface area contributed by atoms with E-state index in [4.69, 9.17) is 11.0 Å². The van der Waals surface area contributed by atoms with Crippen LogP contribution in [0.1, 0.15) is 31.9 Å². The fourth-order valence-electron chi connectivity index (χ4n) is 1.71. The summed E-state index contributed by atoms with van der Waals surface area (Å²) < 4.78 is 13.7. The van der Waals surface area contributed by atoms with Crippen LogP contribution in [0.5, 0.6) is 0 Å². The maximum atomic E-state index is 13.7. The van der Waals surface area contributed by atoms with Crippen molar-refractivity contribution in [2.24, 2.45) is 11.1 Å². The third-order valence-corrected chi connectivity index (χ3v) is 3.16. The van der Waals surface area contributed by atoms with E-state index in [2.05, 4.69) is 0 Å². The molecule has 0 aliphatic carbocycles. The second-order valence-corrected chi connectivity index (χ2v) is 5.96. The van der Waals surface area contributed by atoms with Crippen molar-refractivity contribution in [1.82, 2.24) is 4.90 Å². The molecule has 0 heterocycles. The van der Waals surface area contributed by atoms with Gasteiger partial charge < -0.3 is 10.6 Å². The number of carbonyl (C=O) groups excluding carboxylic acids is 1. The quantitative estimate of drug-likeness (QED) is 0.919. The van der Waals surface area contributed by atoms with Crippen molar-refractivity contribution < 1.29 is 9.18 Å². The van der Waals surface area contributed by atoms with Crippen LogP contribution in [0.2, 0.25) is 0 Å². The molecule has 0 radical (unpaired) electrons. The minimum Gasteiger partial charge on any atom is -0.340 e. The maximum absolute atomic E-state index is 13.7. The van der Waals surface area contributed by atoms with Gasteiger partial charge in [0.05, 0.1) is 17.7 Å². The molecular weight excluding hydrogens is 257 g/mol. The Morgan fingerprint density at radius 3 is 2.60 bits per heavy atom. The van der Waals surface area contributed by atoms with Crippen LogP contribution >= 0.6 is 0 Å². The van der Waals surface area contributed by atoms with E-state index < -0.39 is 11.9 Å². The van der Waals surface area contributed by atoms with Gasteiger partial charge in [0, 0.05) is 19.2 Å². The molecule has 0 unspecified atom stereocenters. The lowest BCUT2D eigenvalue weighted by Gasteiger charge is -2.30. The van der Waals surface area contributed by atoms with E-state index in [9.17, 15) is 9.18 Å². The summed E-state index contributed by atoms with van der Waals surface area (Å²) in [4.78, 5) is 13.6. The average molecular weight is 277 g/mol. The second kappa shape index (κ2) is 6.02. The molecular formula is C15H20FN3O. The molecule has 0 bridgehead atoms. The highest BCUT2D eigenvalue weighted by Gasteiger charge is 2.29. The van der Waals surface area contributed by atoms with E-state index in [1.165, 1.54) is 23.1 Å². The molecule has 20 heavy (non-hydrogen) atoms. The van der Waals surface area contributed by atoms with Gasteiger partial charge in [0.25, 0.3) is 0 Å². The van der Waals surface area contributed by atoms with Crippen molar-refractivity contribution >= 4 is 5.91 Å². The molecule has 0 spiro atoms. The smallest absolute Gasteiger partial charge is 0.240 e. The molecule has 2 N–H and O–H groups in total. The van der Waals surface area contributed by atoms with Crippen molar-refractivity contribution in [2.45, 2.75) is 33.4 Å². The predicted molar refractivity (Wildman–Crippen MR) is 75.0 cm³/mol. The van der Waals surface area contributed by atoms with E-state index in [0.29, 0.717) is 11.1 Å². The number of halogens is 1. The first kappa shape index (κ1) is 16.1. The van der Waals surface area contributed by atoms with E-state index in [0.717, 1.165) is 0 Å². The summed E-state index contributed by atoms with van der Waals surface area (Å²) in [5, 5.41) is 8.82. The Kier molecular flexibility index (Phi) is 4.85. The van der Waals surface area contributed by atoms with Gasteiger partial charge in [-0.15, -0.1) is 0 Å². The molecule has 0 aliphatic heterocycles. The Hall–Kier alpha value is -1.93. The van der Waals surface area contributed by atoms with Crippen LogP contribution < -0.4 is 5.73 Å². The second-order valence-electron chi connectivity index (χ2n) is 5.96. The summed E-state index contributed by atoms with van der Waals surface area (Å²) >= 11 is 0. The molecule has 0 saturated heterocycles. The molecule has 0 fully saturated rings. The van der Waals surface area contributed by atoms with Crippen molar-refractivity contribution in [3.8, 4) is 6.07 Å². The fourth-order valence-corrected chi connectivity index (χ4v) is 1.71. The molecule has 0 saturated carbocycles. The first-order chi connectivity index (χ1) is 9.16. The fraction of sp³-hybridized carbons (Fsp3) is 0.467. The molecule has 4 nitrogen and oxygen atoms in total. The Morgan fingerprint density at radius 2 is 2.10 bits per heavy atom. The molecule has 1 atom stereocenters. The highest BCUT2D eigenvalue weighted by Crippen LogP contribution is 2.20. The molecule has 0 aromatic heterocycles. The highest BCUT2D eigenvalue weighted by molar-refractivity contribution is 5.82. The largest absolute Gasteiger partial charge is 0.340 e. The van der Waals surface area contributed by atoms with Gasteiger partial charge in [-0.3, -0.25) is 4.79 Å². The molecule has 5 heteroatoms. The lowest BCUT2D eigenvalue weighted by atomic mass is 9.86.